The summed E-state index contributed by atoms with van der Waals surface area (Å²) < 4.78 is 40.1. The van der Waals surface area contributed by atoms with E-state index in [0.717, 1.165) is 17.5 Å². The van der Waals surface area contributed by atoms with Crippen molar-refractivity contribution < 1.29 is 17.9 Å². The smallest absolute Gasteiger partial charge is 0.180 e. The molecule has 0 radical (unpaired) electrons. The molecule has 1 aliphatic carbocycles. The van der Waals surface area contributed by atoms with Gasteiger partial charge >= 0.3 is 0 Å². The zero-order valence-corrected chi connectivity index (χ0v) is 22.7. The number of fused-ring (bicyclic) bond motifs is 1. The Morgan fingerprint density at radius 3 is 2.51 bits per heavy atom. The lowest BCUT2D eigenvalue weighted by Gasteiger charge is -2.39. The monoisotopic (exact) mass is 552 g/mol. The number of nitrogen functional groups attached to an aromatic ring is 1. The molecule has 39 heavy (non-hydrogen) atoms. The van der Waals surface area contributed by atoms with Crippen molar-refractivity contribution in [3.63, 3.8) is 0 Å². The van der Waals surface area contributed by atoms with Gasteiger partial charge in [0.05, 0.1) is 37.0 Å². The van der Waals surface area contributed by atoms with Crippen molar-refractivity contribution in [1.82, 2.24) is 24.4 Å². The maximum atomic E-state index is 12.9. The predicted molar refractivity (Wildman–Crippen MR) is 147 cm³/mol. The van der Waals surface area contributed by atoms with Crippen LogP contribution in [0.15, 0.2) is 53.8 Å². The summed E-state index contributed by atoms with van der Waals surface area (Å²) in [6.07, 6.45) is 8.26. The van der Waals surface area contributed by atoms with Crippen LogP contribution in [0.3, 0.4) is 0 Å². The molecule has 0 unspecified atom stereocenters. The molecule has 1 saturated carbocycles. The number of aromatic nitrogens is 5. The van der Waals surface area contributed by atoms with Crippen molar-refractivity contribution >= 4 is 27.1 Å². The Bertz CT molecular complexity index is 1610. The molecule has 0 bridgehead atoms. The number of methoxy groups -OCH3 is 1. The number of anilines is 1. The highest BCUT2D eigenvalue weighted by Crippen LogP contribution is 2.43. The number of para-hydroxylation sites is 1. The van der Waals surface area contributed by atoms with Crippen molar-refractivity contribution in [2.75, 3.05) is 32.3 Å². The molecule has 12 nitrogen and oxygen atoms in total. The van der Waals surface area contributed by atoms with Crippen molar-refractivity contribution in [3.05, 3.63) is 54.6 Å². The van der Waals surface area contributed by atoms with E-state index in [0.29, 0.717) is 55.8 Å². The van der Waals surface area contributed by atoms with Crippen LogP contribution in [0.5, 0.6) is 0 Å². The zero-order valence-electron chi connectivity index (χ0n) is 21.9. The summed E-state index contributed by atoms with van der Waals surface area (Å²) in [5.41, 5.74) is 14.7. The van der Waals surface area contributed by atoms with Crippen LogP contribution in [0, 0.1) is 5.41 Å². The molecule has 0 amide bonds. The predicted octanol–water partition coefficient (Wildman–Crippen LogP) is 2.56. The highest BCUT2D eigenvalue weighted by Gasteiger charge is 2.41. The highest BCUT2D eigenvalue weighted by atomic mass is 32.2. The van der Waals surface area contributed by atoms with Gasteiger partial charge in [-0.15, -0.1) is 0 Å². The number of amidine groups is 1. The summed E-state index contributed by atoms with van der Waals surface area (Å²) in [6.45, 7) is 0.693. The third-order valence-corrected chi connectivity index (χ3v) is 8.45. The molecule has 13 heteroatoms. The van der Waals surface area contributed by atoms with Gasteiger partial charge in [0.25, 0.3) is 0 Å². The maximum Gasteiger partial charge on any atom is 0.180 e. The Kier molecular flexibility index (Phi) is 7.14. The highest BCUT2D eigenvalue weighted by molar-refractivity contribution is 7.91. The molecule has 0 atom stereocenters. The number of nitrogens with zero attached hydrogens (tertiary/aromatic N) is 5. The van der Waals surface area contributed by atoms with Gasteiger partial charge in [0.1, 0.15) is 22.2 Å². The van der Waals surface area contributed by atoms with Crippen LogP contribution in [-0.2, 0) is 19.3 Å². The average molecular weight is 553 g/mol. The van der Waals surface area contributed by atoms with Gasteiger partial charge in [-0.2, -0.15) is 14.7 Å². The summed E-state index contributed by atoms with van der Waals surface area (Å²) in [4.78, 5) is 4.85. The number of sulfone groups is 1. The molecule has 1 fully saturated rings. The number of nitrogens with one attached hydrogen (secondary N) is 1. The second-order valence-electron chi connectivity index (χ2n) is 9.81. The summed E-state index contributed by atoms with van der Waals surface area (Å²) in [5.74, 6) is -0.258. The first kappa shape index (κ1) is 26.8. The second kappa shape index (κ2) is 10.4. The Labute approximate surface area is 226 Å². The Hall–Kier alpha value is -3.81. The quantitative estimate of drug-likeness (QED) is 0.160. The van der Waals surface area contributed by atoms with Crippen molar-refractivity contribution in [1.29, 1.82) is 5.41 Å². The van der Waals surface area contributed by atoms with Crippen molar-refractivity contribution in [3.8, 4) is 16.8 Å². The molecule has 1 aromatic carbocycles. The Morgan fingerprint density at radius 2 is 1.87 bits per heavy atom. The summed E-state index contributed by atoms with van der Waals surface area (Å²) in [6, 6.07) is 9.69. The number of hydrogen-bond acceptors (Lipinski definition) is 9. The SMILES string of the molecule is COCCO[C@]1(C(=N)N)CC[C@@H](c2nc3c(-c4cnn(-c5ccccc5)c4)cnn3c(N)c2S(C)(=O)=O)CC1. The number of nitrogens with two attached hydrogens (primary N) is 2. The van der Waals surface area contributed by atoms with E-state index in [1.807, 2.05) is 36.5 Å². The van der Waals surface area contributed by atoms with Gasteiger partial charge in [0.2, 0.25) is 0 Å². The Morgan fingerprint density at radius 1 is 1.15 bits per heavy atom. The molecule has 1 aliphatic rings. The van der Waals surface area contributed by atoms with Crippen molar-refractivity contribution in [2.24, 2.45) is 5.73 Å². The third-order valence-electron chi connectivity index (χ3n) is 7.29. The number of hydrogen-bond donors (Lipinski definition) is 3. The molecule has 5 N–H and O–H groups in total. The summed E-state index contributed by atoms with van der Waals surface area (Å²) in [5, 5.41) is 17.0. The zero-order chi connectivity index (χ0) is 27.8. The molecular formula is C26H32N8O4S. The van der Waals surface area contributed by atoms with Crippen molar-refractivity contribution in [2.45, 2.75) is 42.1 Å². The van der Waals surface area contributed by atoms with E-state index in [1.54, 1.807) is 24.2 Å². The van der Waals surface area contributed by atoms with E-state index in [1.165, 1.54) is 4.52 Å². The van der Waals surface area contributed by atoms with E-state index in [4.69, 9.17) is 31.3 Å². The van der Waals surface area contributed by atoms with Crippen LogP contribution in [0.2, 0.25) is 0 Å². The second-order valence-corrected chi connectivity index (χ2v) is 11.8. The van der Waals surface area contributed by atoms with Crippen LogP contribution < -0.4 is 11.5 Å². The molecule has 0 spiro atoms. The van der Waals surface area contributed by atoms with Gasteiger partial charge in [-0.25, -0.2) is 18.1 Å². The minimum absolute atomic E-state index is 0.0129. The molecule has 206 valence electrons. The minimum atomic E-state index is -3.73. The molecule has 5 rings (SSSR count). The van der Waals surface area contributed by atoms with Crippen LogP contribution >= 0.6 is 0 Å². The van der Waals surface area contributed by atoms with Crippen LogP contribution in [0.1, 0.15) is 37.3 Å². The van der Waals surface area contributed by atoms with E-state index in [2.05, 4.69) is 10.2 Å². The van der Waals surface area contributed by atoms with Gasteiger partial charge in [-0.1, -0.05) is 18.2 Å². The largest absolute Gasteiger partial charge is 0.385 e. The van der Waals surface area contributed by atoms with E-state index >= 15 is 0 Å². The summed E-state index contributed by atoms with van der Waals surface area (Å²) in [7, 11) is -2.15. The van der Waals surface area contributed by atoms with E-state index in [-0.39, 0.29) is 22.5 Å². The van der Waals surface area contributed by atoms with Gasteiger partial charge < -0.3 is 20.9 Å². The minimum Gasteiger partial charge on any atom is -0.385 e. The normalized spacial score (nSPS) is 19.9. The van der Waals surface area contributed by atoms with Gasteiger partial charge in [0.15, 0.2) is 15.5 Å². The first-order valence-corrected chi connectivity index (χ1v) is 14.5. The lowest BCUT2D eigenvalue weighted by Crippen LogP contribution is -2.49. The fraction of sp³-hybridized carbons (Fsp3) is 0.385. The third kappa shape index (κ3) is 5.00. The van der Waals surface area contributed by atoms with E-state index in [9.17, 15) is 8.42 Å². The van der Waals surface area contributed by atoms with Gasteiger partial charge in [-0.05, 0) is 37.8 Å². The maximum absolute atomic E-state index is 12.9. The molecular weight excluding hydrogens is 520 g/mol. The standard InChI is InChI=1S/C26H32N8O4S/c1-37-12-13-38-26(25(28)29)10-8-17(9-11-26)21-22(39(2,35)36)23(27)34-24(32-21)20(15-31-34)18-14-30-33(16-18)19-6-4-3-5-7-19/h3-7,14-17H,8-13,27H2,1-2H3,(H3,28,29)/t17-,26-. The topological polar surface area (TPSA) is 176 Å². The average Bonchev–Trinajstić information content (AvgIpc) is 3.56. The number of ether oxygens (including phenoxy) is 2. The lowest BCUT2D eigenvalue weighted by atomic mass is 9.76. The first-order valence-electron chi connectivity index (χ1n) is 12.6. The summed E-state index contributed by atoms with van der Waals surface area (Å²) >= 11 is 0. The fourth-order valence-electron chi connectivity index (χ4n) is 5.23. The molecule has 3 heterocycles. The molecule has 0 saturated heterocycles. The number of benzene rings is 1. The molecule has 4 aromatic rings. The van der Waals surface area contributed by atoms with E-state index < -0.39 is 15.4 Å². The lowest BCUT2D eigenvalue weighted by molar-refractivity contribution is -0.0425. The Balaban J connectivity index is 1.54. The van der Waals surface area contributed by atoms with Gasteiger partial charge in [0, 0.05) is 36.6 Å². The number of rotatable bonds is 9. The molecule has 3 aromatic heterocycles. The van der Waals surface area contributed by atoms with Crippen LogP contribution in [0.4, 0.5) is 5.82 Å². The molecule has 0 aliphatic heterocycles. The fourth-order valence-corrected chi connectivity index (χ4v) is 6.29. The van der Waals surface area contributed by atoms with Crippen LogP contribution in [0.25, 0.3) is 22.5 Å². The van der Waals surface area contributed by atoms with Gasteiger partial charge in [-0.3, -0.25) is 5.41 Å². The first-order chi connectivity index (χ1) is 18.6. The van der Waals surface area contributed by atoms with Crippen LogP contribution in [-0.4, -0.2) is 70.8 Å².